The highest BCUT2D eigenvalue weighted by molar-refractivity contribution is 5.95. The molecule has 0 bridgehead atoms. The molecule has 0 unspecified atom stereocenters. The van der Waals surface area contributed by atoms with E-state index in [0.717, 1.165) is 24.7 Å². The number of aryl methyl sites for hydroxylation is 1. The van der Waals surface area contributed by atoms with Gasteiger partial charge in [0.1, 0.15) is 0 Å². The standard InChI is InChI=1S/C14H18N6O/c1-11-12(10-17-18(11)2)13(21)19-6-8-20(9-7-19)14-15-4-3-5-16-14/h3-5,10H,6-9H2,1-2H3. The molecule has 3 heterocycles. The quantitative estimate of drug-likeness (QED) is 0.803. The molecule has 0 saturated carbocycles. The molecule has 110 valence electrons. The van der Waals surface area contributed by atoms with Crippen LogP contribution in [0.3, 0.4) is 0 Å². The van der Waals surface area contributed by atoms with Gasteiger partial charge in [0.05, 0.1) is 11.8 Å². The molecule has 0 aromatic carbocycles. The maximum Gasteiger partial charge on any atom is 0.257 e. The molecule has 1 saturated heterocycles. The summed E-state index contributed by atoms with van der Waals surface area (Å²) in [6, 6.07) is 1.80. The molecule has 7 nitrogen and oxygen atoms in total. The molecule has 0 aliphatic carbocycles. The van der Waals surface area contributed by atoms with E-state index in [1.54, 1.807) is 29.3 Å². The van der Waals surface area contributed by atoms with Crippen molar-refractivity contribution in [3.05, 3.63) is 35.9 Å². The zero-order valence-electron chi connectivity index (χ0n) is 12.2. The van der Waals surface area contributed by atoms with Gasteiger partial charge in [0, 0.05) is 51.3 Å². The first kappa shape index (κ1) is 13.5. The van der Waals surface area contributed by atoms with Crippen molar-refractivity contribution in [2.75, 3.05) is 31.1 Å². The number of hydrogen-bond acceptors (Lipinski definition) is 5. The van der Waals surface area contributed by atoms with Crippen LogP contribution in [0, 0.1) is 6.92 Å². The monoisotopic (exact) mass is 286 g/mol. The van der Waals surface area contributed by atoms with Crippen LogP contribution in [-0.4, -0.2) is 56.7 Å². The Morgan fingerprint density at radius 1 is 1.14 bits per heavy atom. The van der Waals surface area contributed by atoms with Crippen LogP contribution >= 0.6 is 0 Å². The number of rotatable bonds is 2. The maximum atomic E-state index is 12.5. The predicted molar refractivity (Wildman–Crippen MR) is 78.1 cm³/mol. The van der Waals surface area contributed by atoms with Gasteiger partial charge < -0.3 is 9.80 Å². The molecule has 0 atom stereocenters. The van der Waals surface area contributed by atoms with Crippen LogP contribution < -0.4 is 4.90 Å². The average Bonchev–Trinajstić information content (AvgIpc) is 2.87. The topological polar surface area (TPSA) is 67.2 Å². The van der Waals surface area contributed by atoms with E-state index >= 15 is 0 Å². The first-order chi connectivity index (χ1) is 10.2. The fraction of sp³-hybridized carbons (Fsp3) is 0.429. The van der Waals surface area contributed by atoms with Crippen LogP contribution in [0.5, 0.6) is 0 Å². The lowest BCUT2D eigenvalue weighted by molar-refractivity contribution is 0.0745. The summed E-state index contributed by atoms with van der Waals surface area (Å²) >= 11 is 0. The number of amides is 1. The van der Waals surface area contributed by atoms with Crippen LogP contribution in [0.4, 0.5) is 5.95 Å². The lowest BCUT2D eigenvalue weighted by Gasteiger charge is -2.34. The van der Waals surface area contributed by atoms with Gasteiger partial charge >= 0.3 is 0 Å². The zero-order chi connectivity index (χ0) is 14.8. The largest absolute Gasteiger partial charge is 0.337 e. The van der Waals surface area contributed by atoms with E-state index < -0.39 is 0 Å². The van der Waals surface area contributed by atoms with Gasteiger partial charge in [-0.3, -0.25) is 9.48 Å². The molecule has 0 radical (unpaired) electrons. The Kier molecular flexibility index (Phi) is 3.55. The van der Waals surface area contributed by atoms with Gasteiger partial charge in [0.25, 0.3) is 5.91 Å². The highest BCUT2D eigenvalue weighted by Gasteiger charge is 2.25. The Balaban J connectivity index is 1.66. The fourth-order valence-corrected chi connectivity index (χ4v) is 2.44. The minimum Gasteiger partial charge on any atom is -0.337 e. The normalized spacial score (nSPS) is 15.3. The number of carbonyl (C=O) groups is 1. The predicted octanol–water partition coefficient (Wildman–Crippen LogP) is 0.481. The SMILES string of the molecule is Cc1c(C(=O)N2CCN(c3ncccn3)CC2)cnn1C. The zero-order valence-corrected chi connectivity index (χ0v) is 12.2. The van der Waals surface area contributed by atoms with Crippen LogP contribution in [0.1, 0.15) is 16.1 Å². The maximum absolute atomic E-state index is 12.5. The van der Waals surface area contributed by atoms with E-state index in [-0.39, 0.29) is 5.91 Å². The molecule has 1 aliphatic heterocycles. The molecule has 21 heavy (non-hydrogen) atoms. The van der Waals surface area contributed by atoms with E-state index in [9.17, 15) is 4.79 Å². The summed E-state index contributed by atoms with van der Waals surface area (Å²) < 4.78 is 1.72. The molecule has 0 spiro atoms. The van der Waals surface area contributed by atoms with Crippen LogP contribution in [-0.2, 0) is 7.05 Å². The van der Waals surface area contributed by atoms with Crippen molar-refractivity contribution in [1.29, 1.82) is 0 Å². The highest BCUT2D eigenvalue weighted by atomic mass is 16.2. The van der Waals surface area contributed by atoms with Gasteiger partial charge in [-0.15, -0.1) is 0 Å². The van der Waals surface area contributed by atoms with Crippen LogP contribution in [0.25, 0.3) is 0 Å². The van der Waals surface area contributed by atoms with Gasteiger partial charge in [-0.1, -0.05) is 0 Å². The van der Waals surface area contributed by atoms with Gasteiger partial charge in [0.15, 0.2) is 0 Å². The third-order valence-corrected chi connectivity index (χ3v) is 3.87. The fourth-order valence-electron chi connectivity index (χ4n) is 2.44. The molecule has 7 heteroatoms. The second-order valence-electron chi connectivity index (χ2n) is 5.10. The van der Waals surface area contributed by atoms with Crippen molar-refractivity contribution < 1.29 is 4.79 Å². The molecule has 1 fully saturated rings. The number of anilines is 1. The van der Waals surface area contributed by atoms with Crippen LogP contribution in [0.2, 0.25) is 0 Å². The minimum atomic E-state index is 0.0502. The van der Waals surface area contributed by atoms with Gasteiger partial charge in [-0.05, 0) is 13.0 Å². The van der Waals surface area contributed by atoms with Crippen molar-refractivity contribution in [2.45, 2.75) is 6.92 Å². The first-order valence-electron chi connectivity index (χ1n) is 6.96. The number of hydrogen-bond donors (Lipinski definition) is 0. The van der Waals surface area contributed by atoms with Crippen molar-refractivity contribution in [3.8, 4) is 0 Å². The van der Waals surface area contributed by atoms with Crippen molar-refractivity contribution in [3.63, 3.8) is 0 Å². The van der Waals surface area contributed by atoms with E-state index in [1.807, 2.05) is 18.9 Å². The average molecular weight is 286 g/mol. The Hall–Kier alpha value is -2.44. The lowest BCUT2D eigenvalue weighted by atomic mass is 10.2. The lowest BCUT2D eigenvalue weighted by Crippen LogP contribution is -2.49. The third-order valence-electron chi connectivity index (χ3n) is 3.87. The molecule has 3 rings (SSSR count). The van der Waals surface area contributed by atoms with E-state index in [0.29, 0.717) is 18.7 Å². The van der Waals surface area contributed by atoms with Gasteiger partial charge in [-0.2, -0.15) is 5.10 Å². The Morgan fingerprint density at radius 3 is 2.38 bits per heavy atom. The molecule has 1 aliphatic rings. The molecule has 2 aromatic rings. The molecule has 2 aromatic heterocycles. The summed E-state index contributed by atoms with van der Waals surface area (Å²) in [5.41, 5.74) is 1.58. The summed E-state index contributed by atoms with van der Waals surface area (Å²) in [5, 5.41) is 4.13. The van der Waals surface area contributed by atoms with Crippen molar-refractivity contribution in [2.24, 2.45) is 7.05 Å². The van der Waals surface area contributed by atoms with Crippen molar-refractivity contribution >= 4 is 11.9 Å². The Labute approximate surface area is 123 Å². The van der Waals surface area contributed by atoms with E-state index in [1.165, 1.54) is 0 Å². The minimum absolute atomic E-state index is 0.0502. The number of piperazine rings is 1. The van der Waals surface area contributed by atoms with Gasteiger partial charge in [-0.25, -0.2) is 9.97 Å². The van der Waals surface area contributed by atoms with Crippen LogP contribution in [0.15, 0.2) is 24.7 Å². The van der Waals surface area contributed by atoms with E-state index in [2.05, 4.69) is 20.0 Å². The Bertz CT molecular complexity index is 630. The second-order valence-corrected chi connectivity index (χ2v) is 5.10. The summed E-state index contributed by atoms with van der Waals surface area (Å²) in [6.45, 7) is 4.75. The smallest absolute Gasteiger partial charge is 0.257 e. The molecule has 0 N–H and O–H groups in total. The molecular formula is C14H18N6O. The number of carbonyl (C=O) groups excluding carboxylic acids is 1. The second kappa shape index (κ2) is 5.51. The Morgan fingerprint density at radius 2 is 1.81 bits per heavy atom. The summed E-state index contributed by atoms with van der Waals surface area (Å²) in [5.74, 6) is 0.774. The number of nitrogens with zero attached hydrogens (tertiary/aromatic N) is 6. The van der Waals surface area contributed by atoms with Gasteiger partial charge in [0.2, 0.25) is 5.95 Å². The number of aromatic nitrogens is 4. The summed E-state index contributed by atoms with van der Waals surface area (Å²) in [4.78, 5) is 25.0. The summed E-state index contributed by atoms with van der Waals surface area (Å²) in [6.07, 6.45) is 5.11. The third kappa shape index (κ3) is 2.58. The van der Waals surface area contributed by atoms with E-state index in [4.69, 9.17) is 0 Å². The summed E-state index contributed by atoms with van der Waals surface area (Å²) in [7, 11) is 1.84. The molecule has 1 amide bonds. The first-order valence-corrected chi connectivity index (χ1v) is 6.96. The van der Waals surface area contributed by atoms with Crippen molar-refractivity contribution in [1.82, 2.24) is 24.6 Å². The highest BCUT2D eigenvalue weighted by Crippen LogP contribution is 2.14. The molecular weight excluding hydrogens is 268 g/mol.